The second-order valence-corrected chi connectivity index (χ2v) is 10.1. The lowest BCUT2D eigenvalue weighted by molar-refractivity contribution is -0.133. The topological polar surface area (TPSA) is 78.9 Å². The number of nitrogens with zero attached hydrogens (tertiary/aromatic N) is 2. The Bertz CT molecular complexity index is 1040. The van der Waals surface area contributed by atoms with Crippen LogP contribution in [0.4, 0.5) is 5.69 Å². The molecule has 2 aromatic rings. The molecule has 1 amide bonds. The van der Waals surface area contributed by atoms with Crippen LogP contribution in [-0.4, -0.2) is 58.1 Å². The van der Waals surface area contributed by atoms with Gasteiger partial charge in [-0.05, 0) is 62.2 Å². The Kier molecular flexibility index (Phi) is 8.03. The van der Waals surface area contributed by atoms with Gasteiger partial charge in [-0.3, -0.25) is 4.79 Å². The van der Waals surface area contributed by atoms with Gasteiger partial charge in [0.05, 0.1) is 4.90 Å². The van der Waals surface area contributed by atoms with Crippen LogP contribution in [0.3, 0.4) is 0 Å². The van der Waals surface area contributed by atoms with Crippen LogP contribution < -0.4 is 14.4 Å². The first kappa shape index (κ1) is 24.4. The SMILES string of the molecule is CCC(C)NS(=O)(=O)c1ccc(OCC(=O)N2CCN(c3cc(Cl)ccc3C)CC2)cc1. The van der Waals surface area contributed by atoms with E-state index in [0.29, 0.717) is 30.3 Å². The number of nitrogens with one attached hydrogen (secondary N) is 1. The number of anilines is 1. The van der Waals surface area contributed by atoms with Crippen molar-refractivity contribution in [1.29, 1.82) is 0 Å². The van der Waals surface area contributed by atoms with E-state index in [1.807, 2.05) is 39.0 Å². The van der Waals surface area contributed by atoms with Gasteiger partial charge in [0.25, 0.3) is 5.91 Å². The molecule has 1 atom stereocenters. The molecule has 1 aliphatic rings. The maximum atomic E-state index is 12.6. The van der Waals surface area contributed by atoms with E-state index >= 15 is 0 Å². The van der Waals surface area contributed by atoms with Gasteiger partial charge in [-0.1, -0.05) is 24.6 Å². The van der Waals surface area contributed by atoms with Crippen molar-refractivity contribution < 1.29 is 17.9 Å². The molecule has 7 nitrogen and oxygen atoms in total. The summed E-state index contributed by atoms with van der Waals surface area (Å²) < 4.78 is 32.9. The number of hydrogen-bond donors (Lipinski definition) is 1. The lowest BCUT2D eigenvalue weighted by Gasteiger charge is -2.36. The minimum atomic E-state index is -3.56. The minimum absolute atomic E-state index is 0.0899. The molecule has 3 rings (SSSR count). The van der Waals surface area contributed by atoms with Crippen molar-refractivity contribution in [2.24, 2.45) is 0 Å². The van der Waals surface area contributed by atoms with Gasteiger partial charge in [-0.15, -0.1) is 0 Å². The van der Waals surface area contributed by atoms with Crippen molar-refractivity contribution in [3.63, 3.8) is 0 Å². The second kappa shape index (κ2) is 10.6. The number of benzene rings is 2. The highest BCUT2D eigenvalue weighted by atomic mass is 35.5. The molecule has 0 bridgehead atoms. The van der Waals surface area contributed by atoms with E-state index in [0.717, 1.165) is 24.3 Å². The lowest BCUT2D eigenvalue weighted by Crippen LogP contribution is -2.50. The van der Waals surface area contributed by atoms with Crippen LogP contribution in [0.2, 0.25) is 5.02 Å². The maximum Gasteiger partial charge on any atom is 0.260 e. The van der Waals surface area contributed by atoms with E-state index in [2.05, 4.69) is 9.62 Å². The quantitative estimate of drug-likeness (QED) is 0.627. The molecule has 1 saturated heterocycles. The van der Waals surface area contributed by atoms with Crippen LogP contribution in [-0.2, 0) is 14.8 Å². The highest BCUT2D eigenvalue weighted by Gasteiger charge is 2.23. The standard InChI is InChI=1S/C23H30ClN3O4S/c1-4-18(3)25-32(29,30)21-9-7-20(8-10-21)31-16-23(28)27-13-11-26(12-14-27)22-15-19(24)6-5-17(22)2/h5-10,15,18,25H,4,11-14,16H2,1-3H3. The Balaban J connectivity index is 1.50. The fourth-order valence-electron chi connectivity index (χ4n) is 3.49. The van der Waals surface area contributed by atoms with E-state index in [9.17, 15) is 13.2 Å². The molecule has 1 heterocycles. The fraction of sp³-hybridized carbons (Fsp3) is 0.435. The van der Waals surface area contributed by atoms with Gasteiger partial charge in [-0.2, -0.15) is 0 Å². The predicted octanol–water partition coefficient (Wildman–Crippen LogP) is 3.45. The molecule has 0 spiro atoms. The van der Waals surface area contributed by atoms with E-state index in [4.69, 9.17) is 16.3 Å². The molecule has 1 N–H and O–H groups in total. The van der Waals surface area contributed by atoms with Crippen molar-refractivity contribution in [2.45, 2.75) is 38.1 Å². The summed E-state index contributed by atoms with van der Waals surface area (Å²) in [6, 6.07) is 11.8. The van der Waals surface area contributed by atoms with Crippen molar-refractivity contribution >= 4 is 33.2 Å². The summed E-state index contributed by atoms with van der Waals surface area (Å²) in [5, 5.41) is 0.701. The summed E-state index contributed by atoms with van der Waals surface area (Å²) in [6.45, 7) is 8.35. The van der Waals surface area contributed by atoms with E-state index in [1.54, 1.807) is 17.0 Å². The summed E-state index contributed by atoms with van der Waals surface area (Å²) in [5.41, 5.74) is 2.25. The average molecular weight is 480 g/mol. The Morgan fingerprint density at radius 3 is 2.41 bits per heavy atom. The molecule has 9 heteroatoms. The van der Waals surface area contributed by atoms with E-state index < -0.39 is 10.0 Å². The Morgan fingerprint density at radius 2 is 1.78 bits per heavy atom. The third kappa shape index (κ3) is 6.15. The number of sulfonamides is 1. The largest absolute Gasteiger partial charge is 0.484 e. The zero-order chi connectivity index (χ0) is 23.3. The zero-order valence-corrected chi connectivity index (χ0v) is 20.2. The number of halogens is 1. The number of hydrogen-bond acceptors (Lipinski definition) is 5. The average Bonchev–Trinajstić information content (AvgIpc) is 2.79. The van der Waals surface area contributed by atoms with Crippen LogP contribution in [0, 0.1) is 6.92 Å². The van der Waals surface area contributed by atoms with Crippen LogP contribution in [0.1, 0.15) is 25.8 Å². The lowest BCUT2D eigenvalue weighted by atomic mass is 10.1. The van der Waals surface area contributed by atoms with Gasteiger partial charge in [0.1, 0.15) is 5.75 Å². The first-order chi connectivity index (χ1) is 15.2. The van der Waals surface area contributed by atoms with Gasteiger partial charge in [0.2, 0.25) is 10.0 Å². The first-order valence-corrected chi connectivity index (χ1v) is 12.6. The highest BCUT2D eigenvalue weighted by Crippen LogP contribution is 2.25. The summed E-state index contributed by atoms with van der Waals surface area (Å²) in [7, 11) is -3.56. The first-order valence-electron chi connectivity index (χ1n) is 10.7. The van der Waals surface area contributed by atoms with Gasteiger partial charge in [0.15, 0.2) is 6.61 Å². The summed E-state index contributed by atoms with van der Waals surface area (Å²) in [4.78, 5) is 16.8. The van der Waals surface area contributed by atoms with Gasteiger partial charge < -0.3 is 14.5 Å². The Hall–Kier alpha value is -2.29. The van der Waals surface area contributed by atoms with Crippen molar-refractivity contribution in [1.82, 2.24) is 9.62 Å². The molecule has 1 aliphatic heterocycles. The van der Waals surface area contributed by atoms with Gasteiger partial charge >= 0.3 is 0 Å². The fourth-order valence-corrected chi connectivity index (χ4v) is 4.98. The molecule has 1 fully saturated rings. The highest BCUT2D eigenvalue weighted by molar-refractivity contribution is 7.89. The van der Waals surface area contributed by atoms with Gasteiger partial charge in [0, 0.05) is 42.9 Å². The smallest absolute Gasteiger partial charge is 0.260 e. The number of piperazine rings is 1. The summed E-state index contributed by atoms with van der Waals surface area (Å²) >= 11 is 6.13. The number of carbonyl (C=O) groups is 1. The minimum Gasteiger partial charge on any atom is -0.484 e. The molecule has 0 saturated carbocycles. The van der Waals surface area contributed by atoms with Crippen LogP contribution in [0.15, 0.2) is 47.4 Å². The second-order valence-electron chi connectivity index (χ2n) is 7.99. The molecule has 2 aromatic carbocycles. The Morgan fingerprint density at radius 1 is 1.12 bits per heavy atom. The monoisotopic (exact) mass is 479 g/mol. The van der Waals surface area contributed by atoms with Crippen molar-refractivity contribution in [2.75, 3.05) is 37.7 Å². The predicted molar refractivity (Wildman–Crippen MR) is 127 cm³/mol. The maximum absolute atomic E-state index is 12.6. The number of aryl methyl sites for hydroxylation is 1. The van der Waals surface area contributed by atoms with Gasteiger partial charge in [-0.25, -0.2) is 13.1 Å². The van der Waals surface area contributed by atoms with Crippen molar-refractivity contribution in [3.8, 4) is 5.75 Å². The summed E-state index contributed by atoms with van der Waals surface area (Å²) in [5.74, 6) is 0.358. The molecule has 0 aromatic heterocycles. The molecule has 0 radical (unpaired) electrons. The van der Waals surface area contributed by atoms with Crippen LogP contribution in [0.25, 0.3) is 0 Å². The van der Waals surface area contributed by atoms with Crippen molar-refractivity contribution in [3.05, 3.63) is 53.1 Å². The molecular weight excluding hydrogens is 450 g/mol. The number of amides is 1. The number of carbonyl (C=O) groups excluding carboxylic acids is 1. The number of ether oxygens (including phenoxy) is 1. The van der Waals surface area contributed by atoms with Crippen LogP contribution >= 0.6 is 11.6 Å². The normalized spacial score (nSPS) is 15.5. The molecule has 0 aliphatic carbocycles. The molecule has 1 unspecified atom stereocenters. The van der Waals surface area contributed by atoms with E-state index in [1.165, 1.54) is 12.1 Å². The van der Waals surface area contributed by atoms with E-state index in [-0.39, 0.29) is 23.5 Å². The Labute approximate surface area is 195 Å². The summed E-state index contributed by atoms with van der Waals surface area (Å²) in [6.07, 6.45) is 0.704. The third-order valence-corrected chi connectivity index (χ3v) is 7.45. The molecule has 32 heavy (non-hydrogen) atoms. The zero-order valence-electron chi connectivity index (χ0n) is 18.7. The third-order valence-electron chi connectivity index (χ3n) is 5.61. The number of rotatable bonds is 8. The molecule has 174 valence electrons. The molecular formula is C23H30ClN3O4S. The van der Waals surface area contributed by atoms with Crippen LogP contribution in [0.5, 0.6) is 5.75 Å².